The fourth-order valence-electron chi connectivity index (χ4n) is 3.88. The topological polar surface area (TPSA) is 0 Å². The highest BCUT2D eigenvalue weighted by Crippen LogP contribution is 2.17. The normalized spacial score (nSPS) is 11.9. The number of hydrogen-bond acceptors (Lipinski definition) is 0. The van der Waals surface area contributed by atoms with Crippen LogP contribution in [0.15, 0.2) is 127 Å². The summed E-state index contributed by atoms with van der Waals surface area (Å²) in [5.74, 6) is 0. The maximum atomic E-state index is 4.54. The fourth-order valence-corrected chi connectivity index (χ4v) is 3.88. The van der Waals surface area contributed by atoms with E-state index in [2.05, 4.69) is 110 Å². The molecule has 0 fully saturated rings. The molecule has 0 nitrogen and oxygen atoms in total. The molecule has 0 heterocycles. The van der Waals surface area contributed by atoms with Gasteiger partial charge in [-0.1, -0.05) is 115 Å². The highest BCUT2D eigenvalue weighted by atomic mass is 14.1. The maximum Gasteiger partial charge on any atom is 0.107 e. The van der Waals surface area contributed by atoms with Gasteiger partial charge in [-0.3, -0.25) is 0 Å². The molecule has 0 saturated heterocycles. The molecule has 0 aliphatic carbocycles. The fraction of sp³-hybridized carbons (Fsp3) is 0.0400. The van der Waals surface area contributed by atoms with Gasteiger partial charge in [0, 0.05) is 0 Å². The molecule has 0 aliphatic rings. The molecule has 0 amide bonds. The molecule has 0 atom stereocenters. The van der Waals surface area contributed by atoms with E-state index in [-0.39, 0.29) is 0 Å². The highest BCUT2D eigenvalue weighted by molar-refractivity contribution is 7.16. The Morgan fingerprint density at radius 1 is 0.654 bits per heavy atom. The van der Waals surface area contributed by atoms with E-state index in [0.29, 0.717) is 0 Å². The van der Waals surface area contributed by atoms with Gasteiger partial charge < -0.3 is 0 Å². The number of benzene rings is 3. The molecule has 26 heavy (non-hydrogen) atoms. The molecule has 0 saturated carbocycles. The summed E-state index contributed by atoms with van der Waals surface area (Å²) in [5.41, 5.74) is 4.94. The summed E-state index contributed by atoms with van der Waals surface area (Å²) < 4.78 is 0. The van der Waals surface area contributed by atoms with Crippen LogP contribution in [0.4, 0.5) is 0 Å². The zero-order valence-electron chi connectivity index (χ0n) is 15.3. The van der Waals surface area contributed by atoms with E-state index in [0.717, 1.165) is 5.47 Å². The first-order valence-electron chi connectivity index (χ1n) is 9.11. The Labute approximate surface area is 157 Å². The molecule has 0 aliphatic heterocycles. The molecule has 1 heteroatoms. The molecule has 3 aromatic carbocycles. The summed E-state index contributed by atoms with van der Waals surface area (Å²) in [5, 5.41) is 0. The van der Waals surface area contributed by atoms with E-state index in [9.17, 15) is 0 Å². The predicted molar refractivity (Wildman–Crippen MR) is 117 cm³/mol. The largest absolute Gasteiger partial charge is 0.202 e. The zero-order chi connectivity index (χ0) is 18.2. The van der Waals surface area contributed by atoms with Gasteiger partial charge in [-0.05, 0) is 6.92 Å². The van der Waals surface area contributed by atoms with Gasteiger partial charge >= 0.3 is 0 Å². The van der Waals surface area contributed by atoms with Crippen molar-refractivity contribution in [1.82, 2.24) is 0 Å². The van der Waals surface area contributed by atoms with Crippen molar-refractivity contribution in [1.29, 1.82) is 0 Å². The van der Waals surface area contributed by atoms with E-state index in [4.69, 9.17) is 0 Å². The van der Waals surface area contributed by atoms with Gasteiger partial charge in [0.15, 0.2) is 0 Å². The lowest BCUT2D eigenvalue weighted by Crippen LogP contribution is -2.68. The molecule has 128 valence electrons. The van der Waals surface area contributed by atoms with Gasteiger partial charge in [0.2, 0.25) is 0 Å². The van der Waals surface area contributed by atoms with Gasteiger partial charge in [0.25, 0.3) is 0 Å². The lowest BCUT2D eigenvalue weighted by molar-refractivity contribution is 1.65. The van der Waals surface area contributed by atoms with Crippen LogP contribution in [0.25, 0.3) is 0 Å². The van der Waals surface area contributed by atoms with Crippen molar-refractivity contribution in [2.75, 3.05) is 0 Å². The van der Waals surface area contributed by atoms with Crippen LogP contribution in [-0.4, -0.2) is 6.15 Å². The average Bonchev–Trinajstić information content (AvgIpc) is 2.71. The van der Waals surface area contributed by atoms with Crippen molar-refractivity contribution in [3.63, 3.8) is 0 Å². The Balaban J connectivity index is 2.33. The Kier molecular flexibility index (Phi) is 5.71. The SMILES string of the molecule is C=C(/C=C\C=C/C)[B-](c1ccccc1)(c1ccccc1)c1ccccc1. The number of allylic oxidation sites excluding steroid dienone is 5. The smallest absolute Gasteiger partial charge is 0.107 e. The first kappa shape index (κ1) is 17.8. The van der Waals surface area contributed by atoms with Crippen molar-refractivity contribution in [3.8, 4) is 0 Å². The first-order valence-corrected chi connectivity index (χ1v) is 9.11. The van der Waals surface area contributed by atoms with Crippen LogP contribution in [0.5, 0.6) is 0 Å². The summed E-state index contributed by atoms with van der Waals surface area (Å²) in [7, 11) is 0. The van der Waals surface area contributed by atoms with Crippen LogP contribution in [0.2, 0.25) is 0 Å². The first-order chi connectivity index (χ1) is 12.8. The van der Waals surface area contributed by atoms with Crippen LogP contribution in [0, 0.1) is 0 Å². The minimum absolute atomic E-state index is 1.10. The van der Waals surface area contributed by atoms with Crippen LogP contribution >= 0.6 is 0 Å². The maximum absolute atomic E-state index is 4.54. The number of rotatable bonds is 6. The van der Waals surface area contributed by atoms with E-state index >= 15 is 0 Å². The van der Waals surface area contributed by atoms with Crippen molar-refractivity contribution in [2.45, 2.75) is 6.92 Å². The van der Waals surface area contributed by atoms with Gasteiger partial charge in [-0.15, -0.1) is 6.58 Å². The Morgan fingerprint density at radius 3 is 1.38 bits per heavy atom. The highest BCUT2D eigenvalue weighted by Gasteiger charge is 2.30. The van der Waals surface area contributed by atoms with Crippen molar-refractivity contribution in [2.24, 2.45) is 0 Å². The molecular weight excluding hydrogens is 311 g/mol. The van der Waals surface area contributed by atoms with Crippen LogP contribution in [0.3, 0.4) is 0 Å². The van der Waals surface area contributed by atoms with Crippen molar-refractivity contribution < 1.29 is 0 Å². The average molecular weight is 335 g/mol. The van der Waals surface area contributed by atoms with Crippen LogP contribution < -0.4 is 16.4 Å². The molecule has 0 spiro atoms. The molecule has 3 rings (SSSR count). The quantitative estimate of drug-likeness (QED) is 0.463. The third kappa shape index (κ3) is 3.34. The second-order valence-corrected chi connectivity index (χ2v) is 6.56. The monoisotopic (exact) mass is 335 g/mol. The van der Waals surface area contributed by atoms with Crippen LogP contribution in [0.1, 0.15) is 6.92 Å². The molecule has 0 bridgehead atoms. The molecular formula is C25H24B-. The minimum Gasteiger partial charge on any atom is -0.202 e. The van der Waals surface area contributed by atoms with Crippen LogP contribution in [-0.2, 0) is 0 Å². The molecule has 0 aromatic heterocycles. The third-order valence-corrected chi connectivity index (χ3v) is 5.07. The third-order valence-electron chi connectivity index (χ3n) is 5.07. The Hall–Kier alpha value is -3.06. The van der Waals surface area contributed by atoms with Crippen molar-refractivity contribution in [3.05, 3.63) is 127 Å². The summed E-state index contributed by atoms with van der Waals surface area (Å²) in [6.45, 7) is 6.56. The van der Waals surface area contributed by atoms with Gasteiger partial charge in [-0.2, -0.15) is 16.4 Å². The molecule has 0 N–H and O–H groups in total. The van der Waals surface area contributed by atoms with Gasteiger partial charge in [0.05, 0.1) is 0 Å². The number of hydrogen-bond donors (Lipinski definition) is 0. The summed E-state index contributed by atoms with van der Waals surface area (Å²) in [4.78, 5) is 0. The van der Waals surface area contributed by atoms with E-state index in [1.165, 1.54) is 16.4 Å². The standard InChI is InChI=1S/C25H24B/c1-3-4-8-15-22(2)26(23-16-9-5-10-17-23,24-18-11-6-12-19-24)25-20-13-7-14-21-25/h3-21H,2H2,1H3/q-1/b4-3-,15-8-. The van der Waals surface area contributed by atoms with Crippen molar-refractivity contribution >= 4 is 22.5 Å². The lowest BCUT2D eigenvalue weighted by Gasteiger charge is -2.44. The minimum atomic E-state index is -1.31. The Morgan fingerprint density at radius 2 is 1.04 bits per heavy atom. The lowest BCUT2D eigenvalue weighted by atomic mass is 9.12. The van der Waals surface area contributed by atoms with Gasteiger partial charge in [0.1, 0.15) is 6.15 Å². The predicted octanol–water partition coefficient (Wildman–Crippen LogP) is 4.38. The van der Waals surface area contributed by atoms with E-state index < -0.39 is 6.15 Å². The Bertz CT molecular complexity index is 794. The molecule has 0 unspecified atom stereocenters. The van der Waals surface area contributed by atoms with E-state index in [1.807, 2.05) is 19.1 Å². The molecule has 3 aromatic rings. The second kappa shape index (κ2) is 8.35. The summed E-state index contributed by atoms with van der Waals surface area (Å²) >= 11 is 0. The van der Waals surface area contributed by atoms with E-state index in [1.54, 1.807) is 0 Å². The van der Waals surface area contributed by atoms with Gasteiger partial charge in [-0.25, -0.2) is 5.47 Å². The molecule has 0 radical (unpaired) electrons. The second-order valence-electron chi connectivity index (χ2n) is 6.56. The summed E-state index contributed by atoms with van der Waals surface area (Å²) in [6, 6.07) is 32.2. The summed E-state index contributed by atoms with van der Waals surface area (Å²) in [6.07, 6.45) is 6.99. The zero-order valence-corrected chi connectivity index (χ0v) is 15.3.